The van der Waals surface area contributed by atoms with Gasteiger partial charge in [-0.15, -0.1) is 0 Å². The Balaban J connectivity index is 1.75. The highest BCUT2D eigenvalue weighted by Crippen LogP contribution is 2.42. The van der Waals surface area contributed by atoms with E-state index in [0.29, 0.717) is 26.1 Å². The normalized spacial score (nSPS) is 25.1. The van der Waals surface area contributed by atoms with Crippen LogP contribution >= 0.6 is 0 Å². The highest BCUT2D eigenvalue weighted by atomic mass is 16.5. The molecule has 2 saturated heterocycles. The van der Waals surface area contributed by atoms with Crippen molar-refractivity contribution < 1.29 is 14.6 Å². The number of rotatable bonds is 4. The summed E-state index contributed by atoms with van der Waals surface area (Å²) in [5, 5.41) is 19.6. The van der Waals surface area contributed by atoms with Crippen LogP contribution in [0, 0.1) is 29.1 Å². The van der Waals surface area contributed by atoms with Crippen LogP contribution in [0.15, 0.2) is 24.3 Å². The van der Waals surface area contributed by atoms with E-state index in [-0.39, 0.29) is 30.4 Å². The maximum Gasteiger partial charge on any atom is 0.227 e. The summed E-state index contributed by atoms with van der Waals surface area (Å²) in [4.78, 5) is 14.5. The standard InChI is InChI=1S/C22H26N2O3/c1-2-3-4-5-16-6-8-17(9-7-16)21-19(14-23)24(20(21)15-25)22(26)18-10-12-27-13-11-18/h6-9,18-21,25H,2-3,10-13,15H2,1H3/t19-,20+,21+/m0/s1. The number of nitrogens with zero attached hydrogens (tertiary/aromatic N) is 2. The lowest BCUT2D eigenvalue weighted by molar-refractivity contribution is -0.154. The molecule has 1 N–H and O–H groups in total. The van der Waals surface area contributed by atoms with Crippen LogP contribution in [0.5, 0.6) is 0 Å². The van der Waals surface area contributed by atoms with Crippen LogP contribution in [0.3, 0.4) is 0 Å². The van der Waals surface area contributed by atoms with Crippen molar-refractivity contribution in [2.45, 2.75) is 50.6 Å². The van der Waals surface area contributed by atoms with Gasteiger partial charge in [-0.3, -0.25) is 4.79 Å². The Bertz CT molecular complexity index is 750. The topological polar surface area (TPSA) is 73.6 Å². The van der Waals surface area contributed by atoms with Gasteiger partial charge in [0.15, 0.2) is 0 Å². The maximum absolute atomic E-state index is 12.9. The Morgan fingerprint density at radius 2 is 2.00 bits per heavy atom. The van der Waals surface area contributed by atoms with E-state index in [1.165, 1.54) is 0 Å². The van der Waals surface area contributed by atoms with Gasteiger partial charge in [-0.05, 0) is 37.0 Å². The second-order valence-corrected chi connectivity index (χ2v) is 7.16. The Labute approximate surface area is 160 Å². The summed E-state index contributed by atoms with van der Waals surface area (Å²) in [6, 6.07) is 9.22. The van der Waals surface area contributed by atoms with Crippen molar-refractivity contribution >= 4 is 5.91 Å². The average molecular weight is 366 g/mol. The summed E-state index contributed by atoms with van der Waals surface area (Å²) in [7, 11) is 0. The minimum absolute atomic E-state index is 0.0257. The number of aliphatic hydroxyl groups excluding tert-OH is 1. The number of carbonyl (C=O) groups excluding carboxylic acids is 1. The first-order valence-electron chi connectivity index (χ1n) is 9.70. The Hall–Kier alpha value is -2.34. The Kier molecular flexibility index (Phi) is 6.50. The predicted molar refractivity (Wildman–Crippen MR) is 102 cm³/mol. The first-order valence-corrected chi connectivity index (χ1v) is 9.70. The molecule has 0 aromatic heterocycles. The number of nitriles is 1. The number of carbonyl (C=O) groups is 1. The van der Waals surface area contributed by atoms with Crippen LogP contribution < -0.4 is 0 Å². The third-order valence-corrected chi connectivity index (χ3v) is 5.46. The van der Waals surface area contributed by atoms with E-state index < -0.39 is 6.04 Å². The molecule has 0 bridgehead atoms. The van der Waals surface area contributed by atoms with Gasteiger partial charge >= 0.3 is 0 Å². The summed E-state index contributed by atoms with van der Waals surface area (Å²) in [5.74, 6) is 5.95. The van der Waals surface area contributed by atoms with E-state index >= 15 is 0 Å². The molecule has 142 valence electrons. The summed E-state index contributed by atoms with van der Waals surface area (Å²) in [6.45, 7) is 3.11. The third kappa shape index (κ3) is 4.00. The second kappa shape index (κ2) is 9.04. The van der Waals surface area contributed by atoms with Gasteiger partial charge in [0.25, 0.3) is 0 Å². The molecule has 1 amide bonds. The van der Waals surface area contributed by atoms with Crippen LogP contribution in [0.2, 0.25) is 0 Å². The van der Waals surface area contributed by atoms with Gasteiger partial charge in [0.1, 0.15) is 6.04 Å². The van der Waals surface area contributed by atoms with Crippen LogP contribution in [0.25, 0.3) is 0 Å². The number of hydrogen-bond acceptors (Lipinski definition) is 4. The van der Waals surface area contributed by atoms with Crippen molar-refractivity contribution in [1.82, 2.24) is 4.90 Å². The zero-order valence-electron chi connectivity index (χ0n) is 15.7. The zero-order valence-corrected chi connectivity index (χ0v) is 15.7. The lowest BCUT2D eigenvalue weighted by atomic mass is 9.74. The van der Waals surface area contributed by atoms with Crippen molar-refractivity contribution in [3.05, 3.63) is 35.4 Å². The van der Waals surface area contributed by atoms with Crippen molar-refractivity contribution in [3.63, 3.8) is 0 Å². The largest absolute Gasteiger partial charge is 0.394 e. The predicted octanol–water partition coefficient (Wildman–Crippen LogP) is 2.44. The second-order valence-electron chi connectivity index (χ2n) is 7.16. The highest BCUT2D eigenvalue weighted by molar-refractivity contribution is 5.81. The Morgan fingerprint density at radius 3 is 2.59 bits per heavy atom. The van der Waals surface area contributed by atoms with E-state index in [0.717, 1.165) is 24.0 Å². The maximum atomic E-state index is 12.9. The molecule has 3 rings (SSSR count). The average Bonchev–Trinajstić information content (AvgIpc) is 2.70. The molecule has 1 aromatic carbocycles. The molecule has 2 heterocycles. The monoisotopic (exact) mass is 366 g/mol. The molecule has 0 radical (unpaired) electrons. The van der Waals surface area contributed by atoms with Gasteiger partial charge in [-0.2, -0.15) is 5.26 Å². The molecule has 1 aromatic rings. The van der Waals surface area contributed by atoms with Crippen LogP contribution in [-0.4, -0.2) is 47.8 Å². The number of unbranched alkanes of at least 4 members (excludes halogenated alkanes) is 1. The number of likely N-dealkylation sites (tertiary alicyclic amines) is 1. The SMILES string of the molecule is CCCC#Cc1ccc([C@H]2[C@@H](CO)N(C(=O)C3CCOCC3)[C@H]2C#N)cc1. The number of benzene rings is 1. The van der Waals surface area contributed by atoms with E-state index in [1.54, 1.807) is 4.90 Å². The molecule has 2 aliphatic heterocycles. The molecule has 0 aliphatic carbocycles. The van der Waals surface area contributed by atoms with Crippen LogP contribution in [0.1, 0.15) is 49.7 Å². The molecule has 2 aliphatic rings. The number of aliphatic hydroxyl groups is 1. The van der Waals surface area contributed by atoms with Crippen molar-refractivity contribution in [1.29, 1.82) is 5.26 Å². The summed E-state index contributed by atoms with van der Waals surface area (Å²) < 4.78 is 5.33. The van der Waals surface area contributed by atoms with Crippen LogP contribution in [-0.2, 0) is 9.53 Å². The molecular weight excluding hydrogens is 340 g/mol. The van der Waals surface area contributed by atoms with Gasteiger partial charge in [-0.25, -0.2) is 0 Å². The third-order valence-electron chi connectivity index (χ3n) is 5.46. The smallest absolute Gasteiger partial charge is 0.227 e. The molecule has 0 saturated carbocycles. The molecule has 2 fully saturated rings. The van der Waals surface area contributed by atoms with Gasteiger partial charge < -0.3 is 14.7 Å². The molecule has 5 nitrogen and oxygen atoms in total. The van der Waals surface area contributed by atoms with E-state index in [1.807, 2.05) is 24.3 Å². The van der Waals surface area contributed by atoms with Gasteiger partial charge in [-0.1, -0.05) is 30.9 Å². The van der Waals surface area contributed by atoms with Crippen molar-refractivity contribution in [2.75, 3.05) is 19.8 Å². The zero-order chi connectivity index (χ0) is 19.2. The number of hydrogen-bond donors (Lipinski definition) is 1. The molecule has 5 heteroatoms. The van der Waals surface area contributed by atoms with Gasteiger partial charge in [0.2, 0.25) is 5.91 Å². The first-order chi connectivity index (χ1) is 13.2. The highest BCUT2D eigenvalue weighted by Gasteiger charge is 2.52. The fraction of sp³-hybridized carbons (Fsp3) is 0.545. The van der Waals surface area contributed by atoms with Crippen LogP contribution in [0.4, 0.5) is 0 Å². The van der Waals surface area contributed by atoms with E-state index in [4.69, 9.17) is 4.74 Å². The molecule has 3 atom stereocenters. The number of amides is 1. The molecule has 0 unspecified atom stereocenters. The molecular formula is C22H26N2O3. The minimum Gasteiger partial charge on any atom is -0.394 e. The lowest BCUT2D eigenvalue weighted by Gasteiger charge is -2.52. The lowest BCUT2D eigenvalue weighted by Crippen LogP contribution is -2.66. The van der Waals surface area contributed by atoms with Crippen molar-refractivity contribution in [2.24, 2.45) is 5.92 Å². The first kappa shape index (κ1) is 19.4. The summed E-state index contributed by atoms with van der Waals surface area (Å²) in [5.41, 5.74) is 1.91. The summed E-state index contributed by atoms with van der Waals surface area (Å²) >= 11 is 0. The van der Waals surface area contributed by atoms with E-state index in [2.05, 4.69) is 24.8 Å². The fourth-order valence-electron chi connectivity index (χ4n) is 3.94. The van der Waals surface area contributed by atoms with Crippen molar-refractivity contribution in [3.8, 4) is 17.9 Å². The van der Waals surface area contributed by atoms with E-state index in [9.17, 15) is 15.2 Å². The molecule has 27 heavy (non-hydrogen) atoms. The van der Waals surface area contributed by atoms with Gasteiger partial charge in [0, 0.05) is 37.0 Å². The summed E-state index contributed by atoms with van der Waals surface area (Å²) in [6.07, 6.45) is 3.27. The fourth-order valence-corrected chi connectivity index (χ4v) is 3.94. The minimum atomic E-state index is -0.533. The quantitative estimate of drug-likeness (QED) is 0.831. The van der Waals surface area contributed by atoms with Gasteiger partial charge in [0.05, 0.1) is 18.7 Å². The number of ether oxygens (including phenoxy) is 1. The Morgan fingerprint density at radius 1 is 1.30 bits per heavy atom. The molecule has 0 spiro atoms.